The maximum absolute atomic E-state index is 13.6. The third-order valence-electron chi connectivity index (χ3n) is 6.41. The fourth-order valence-electron chi connectivity index (χ4n) is 4.24. The lowest BCUT2D eigenvalue weighted by Gasteiger charge is -2.24. The fraction of sp³-hybridized carbons (Fsp3) is 0.267. The largest absolute Gasteiger partial charge is 0.494 e. The molecule has 1 unspecified atom stereocenters. The number of ether oxygens (including phenoxy) is 1. The molecule has 1 heterocycles. The summed E-state index contributed by atoms with van der Waals surface area (Å²) in [5.74, 6) is -0.617. The topological polar surface area (TPSA) is 91.0 Å². The van der Waals surface area contributed by atoms with Crippen LogP contribution in [0.25, 0.3) is 0 Å². The molecule has 0 spiro atoms. The number of thiocarbonyl (C=S) groups is 1. The van der Waals surface area contributed by atoms with Gasteiger partial charge < -0.3 is 10.1 Å². The Morgan fingerprint density at radius 1 is 0.976 bits per heavy atom. The minimum absolute atomic E-state index is 0.0426. The number of hydrogen-bond acceptors (Lipinski definition) is 5. The zero-order valence-corrected chi connectivity index (χ0v) is 25.6. The van der Waals surface area contributed by atoms with Crippen molar-refractivity contribution >= 4 is 74.0 Å². The number of nitrogens with one attached hydrogen (secondary N) is 2. The van der Waals surface area contributed by atoms with Crippen LogP contribution in [0.15, 0.2) is 77.3 Å². The van der Waals surface area contributed by atoms with E-state index in [-0.39, 0.29) is 11.5 Å². The van der Waals surface area contributed by atoms with E-state index in [1.807, 2.05) is 0 Å². The van der Waals surface area contributed by atoms with Crippen LogP contribution in [0.1, 0.15) is 49.4 Å². The summed E-state index contributed by atoms with van der Waals surface area (Å²) in [5.41, 5.74) is 4.11. The number of unbranched alkanes of at least 4 members (excludes halogenated alkanes) is 3. The smallest absolute Gasteiger partial charge is 0.269 e. The lowest BCUT2D eigenvalue weighted by molar-refractivity contribution is -0.124. The van der Waals surface area contributed by atoms with Gasteiger partial charge in [-0.2, -0.15) is 0 Å². The number of nitrogens with zero attached hydrogens (tertiary/aromatic N) is 2. The lowest BCUT2D eigenvalue weighted by atomic mass is 10.1. The van der Waals surface area contributed by atoms with Crippen LogP contribution in [-0.2, 0) is 9.59 Å². The van der Waals surface area contributed by atoms with Crippen molar-refractivity contribution in [3.8, 4) is 5.75 Å². The molecule has 0 aliphatic carbocycles. The number of hydrazine groups is 1. The molecule has 0 bridgehead atoms. The first-order chi connectivity index (χ1) is 19.8. The van der Waals surface area contributed by atoms with Gasteiger partial charge in [-0.1, -0.05) is 53.7 Å². The van der Waals surface area contributed by atoms with Gasteiger partial charge >= 0.3 is 0 Å². The van der Waals surface area contributed by atoms with Gasteiger partial charge in [-0.3, -0.25) is 24.7 Å². The van der Waals surface area contributed by atoms with Gasteiger partial charge in [0.25, 0.3) is 11.8 Å². The first kappa shape index (κ1) is 30.5. The molecule has 3 amide bonds. The summed E-state index contributed by atoms with van der Waals surface area (Å²) in [6, 6.07) is 19.3. The highest BCUT2D eigenvalue weighted by Gasteiger charge is 2.45. The summed E-state index contributed by atoms with van der Waals surface area (Å²) in [7, 11) is 0. The molecule has 41 heavy (non-hydrogen) atoms. The molecule has 3 aromatic rings. The molecule has 2 N–H and O–H groups in total. The first-order valence-electron chi connectivity index (χ1n) is 13.3. The van der Waals surface area contributed by atoms with Crippen LogP contribution in [0.5, 0.6) is 5.75 Å². The third kappa shape index (κ3) is 8.06. The van der Waals surface area contributed by atoms with E-state index in [9.17, 15) is 14.4 Å². The Balaban J connectivity index is 1.46. The first-order valence-corrected chi connectivity index (χ1v) is 14.9. The molecule has 11 heteroatoms. The number of anilines is 2. The van der Waals surface area contributed by atoms with Crippen LogP contribution in [0, 0.1) is 0 Å². The highest BCUT2D eigenvalue weighted by atomic mass is 79.9. The molecule has 0 aromatic heterocycles. The summed E-state index contributed by atoms with van der Waals surface area (Å²) in [6.07, 6.45) is 4.22. The Kier molecular flexibility index (Phi) is 10.7. The van der Waals surface area contributed by atoms with Crippen molar-refractivity contribution in [1.29, 1.82) is 0 Å². The van der Waals surface area contributed by atoms with Crippen LogP contribution >= 0.6 is 39.7 Å². The van der Waals surface area contributed by atoms with Gasteiger partial charge in [-0.25, -0.2) is 5.01 Å². The number of carbonyl (C=O) groups excluding carboxylic acids is 3. The van der Waals surface area contributed by atoms with Crippen molar-refractivity contribution in [2.75, 3.05) is 16.8 Å². The van der Waals surface area contributed by atoms with E-state index in [0.29, 0.717) is 28.6 Å². The Bertz CT molecular complexity index is 1390. The predicted molar refractivity (Wildman–Crippen MR) is 168 cm³/mol. The van der Waals surface area contributed by atoms with Gasteiger partial charge in [0.05, 0.1) is 18.7 Å². The van der Waals surface area contributed by atoms with Crippen molar-refractivity contribution in [3.05, 3.63) is 87.9 Å². The van der Waals surface area contributed by atoms with Crippen LogP contribution in [0.2, 0.25) is 5.02 Å². The number of halogens is 2. The second kappa shape index (κ2) is 14.4. The Labute approximate surface area is 258 Å². The summed E-state index contributed by atoms with van der Waals surface area (Å²) >= 11 is 15.0. The molecular weight excluding hydrogens is 628 g/mol. The number of hydrogen-bond donors (Lipinski definition) is 2. The molecule has 1 fully saturated rings. The van der Waals surface area contributed by atoms with Crippen LogP contribution < -0.4 is 20.4 Å². The molecular formula is C30H30BrClN4O4S. The lowest BCUT2D eigenvalue weighted by Crippen LogP contribution is -2.49. The molecule has 1 aliphatic rings. The van der Waals surface area contributed by atoms with Gasteiger partial charge in [0.15, 0.2) is 0 Å². The van der Waals surface area contributed by atoms with Crippen LogP contribution in [0.3, 0.4) is 0 Å². The fourth-order valence-corrected chi connectivity index (χ4v) is 5.00. The second-order valence-electron chi connectivity index (χ2n) is 9.45. The summed E-state index contributed by atoms with van der Waals surface area (Å²) in [4.78, 5) is 41.0. The Morgan fingerprint density at radius 3 is 2.32 bits per heavy atom. The molecule has 4 rings (SSSR count). The zero-order chi connectivity index (χ0) is 29.4. The number of rotatable bonds is 12. The summed E-state index contributed by atoms with van der Waals surface area (Å²) < 4.78 is 6.58. The number of benzene rings is 3. The summed E-state index contributed by atoms with van der Waals surface area (Å²) in [6.45, 7) is 2.80. The van der Waals surface area contributed by atoms with Crippen LogP contribution in [-0.4, -0.2) is 40.5 Å². The zero-order valence-electron chi connectivity index (χ0n) is 22.4. The van der Waals surface area contributed by atoms with E-state index >= 15 is 0 Å². The second-order valence-corrected chi connectivity index (χ2v) is 11.2. The highest BCUT2D eigenvalue weighted by Crippen LogP contribution is 2.28. The monoisotopic (exact) mass is 656 g/mol. The molecule has 0 radical (unpaired) electrons. The molecule has 8 nitrogen and oxygen atoms in total. The van der Waals surface area contributed by atoms with E-state index in [1.54, 1.807) is 72.8 Å². The highest BCUT2D eigenvalue weighted by molar-refractivity contribution is 9.10. The van der Waals surface area contributed by atoms with Gasteiger partial charge in [0.1, 0.15) is 11.8 Å². The normalized spacial score (nSPS) is 14.8. The average Bonchev–Trinajstić information content (AvgIpc) is 3.18. The van der Waals surface area contributed by atoms with Gasteiger partial charge in [-0.05, 0) is 91.4 Å². The van der Waals surface area contributed by atoms with E-state index in [1.165, 1.54) is 22.8 Å². The number of carbonyl (C=O) groups is 3. The molecule has 1 atom stereocenters. The van der Waals surface area contributed by atoms with Crippen molar-refractivity contribution in [3.63, 3.8) is 0 Å². The van der Waals surface area contributed by atoms with Gasteiger partial charge in [0.2, 0.25) is 11.0 Å². The standard InChI is InChI=1S/C30H30BrClN4O4S/c1-2-3-4-5-18-40-25-16-12-23(13-17-25)33-27(37)19-26-29(39)35(24-14-10-22(32)11-15-24)30(41)36(26)34-28(38)20-6-8-21(31)9-7-20/h6-17,26H,2-5,18-19H2,1H3,(H,33,37)(H,34,38). The van der Waals surface area contributed by atoms with Crippen LogP contribution in [0.4, 0.5) is 11.4 Å². The maximum Gasteiger partial charge on any atom is 0.269 e. The van der Waals surface area contributed by atoms with Crippen molar-refractivity contribution < 1.29 is 19.1 Å². The quantitative estimate of drug-likeness (QED) is 0.166. The molecule has 3 aromatic carbocycles. The molecule has 0 saturated carbocycles. The molecule has 214 valence electrons. The Hall–Kier alpha value is -3.47. The average molecular weight is 658 g/mol. The molecule has 1 aliphatic heterocycles. The Morgan fingerprint density at radius 2 is 1.66 bits per heavy atom. The van der Waals surface area contributed by atoms with E-state index in [4.69, 9.17) is 28.6 Å². The van der Waals surface area contributed by atoms with E-state index in [2.05, 4.69) is 33.6 Å². The van der Waals surface area contributed by atoms with Gasteiger partial charge in [0, 0.05) is 20.7 Å². The van der Waals surface area contributed by atoms with Crippen molar-refractivity contribution in [2.24, 2.45) is 0 Å². The predicted octanol–water partition coefficient (Wildman–Crippen LogP) is 6.74. The molecule has 1 saturated heterocycles. The van der Waals surface area contributed by atoms with E-state index in [0.717, 1.165) is 23.1 Å². The minimum Gasteiger partial charge on any atom is -0.494 e. The minimum atomic E-state index is -1.07. The van der Waals surface area contributed by atoms with Gasteiger partial charge in [-0.15, -0.1) is 0 Å². The summed E-state index contributed by atoms with van der Waals surface area (Å²) in [5, 5.41) is 4.63. The van der Waals surface area contributed by atoms with E-state index < -0.39 is 23.8 Å². The van der Waals surface area contributed by atoms with Crippen molar-refractivity contribution in [2.45, 2.75) is 45.1 Å². The third-order valence-corrected chi connectivity index (χ3v) is 7.57. The SMILES string of the molecule is CCCCCCOc1ccc(NC(=O)CC2C(=O)N(c3ccc(Cl)cc3)C(=S)N2NC(=O)c2ccc(Br)cc2)cc1. The number of amides is 3. The maximum atomic E-state index is 13.6. The van der Waals surface area contributed by atoms with Crippen molar-refractivity contribution in [1.82, 2.24) is 10.4 Å².